The summed E-state index contributed by atoms with van der Waals surface area (Å²) in [6.07, 6.45) is -0.591. The van der Waals surface area contributed by atoms with Crippen molar-refractivity contribution in [1.82, 2.24) is 0 Å². The van der Waals surface area contributed by atoms with Crippen LogP contribution in [0.1, 0.15) is 34.1 Å². The number of carbonyl (C=O) groups excluding carboxylic acids is 2. The Balaban J connectivity index is 4.10. The van der Waals surface area contributed by atoms with E-state index in [1.807, 2.05) is 0 Å². The number of hydrogen-bond acceptors (Lipinski definition) is 4. The number of ether oxygens (including phenoxy) is 2. The molecule has 0 aromatic heterocycles. The maximum Gasteiger partial charge on any atom is 0.347 e. The largest absolute Gasteiger partial charge is 0.457 e. The Hall–Kier alpha value is -1.20. The number of esters is 2. The SMILES string of the molecule is CCC(C)C(=O)OC(C)C(=O)OCC(C)(F)F. The summed E-state index contributed by atoms with van der Waals surface area (Å²) in [6.45, 7) is 4.36. The van der Waals surface area contributed by atoms with Crippen LogP contribution in [0.4, 0.5) is 8.78 Å². The average Bonchev–Trinajstić information content (AvgIpc) is 2.23. The number of rotatable bonds is 6. The molecule has 0 spiro atoms. The lowest BCUT2D eigenvalue weighted by molar-refractivity contribution is -0.174. The minimum absolute atomic E-state index is 0.335. The summed E-state index contributed by atoms with van der Waals surface area (Å²) in [6, 6.07) is 0. The lowest BCUT2D eigenvalue weighted by Crippen LogP contribution is -2.31. The second-order valence-electron chi connectivity index (χ2n) is 4.07. The Kier molecular flexibility index (Phi) is 6.05. The summed E-state index contributed by atoms with van der Waals surface area (Å²) < 4.78 is 33.9. The van der Waals surface area contributed by atoms with Gasteiger partial charge in [0, 0.05) is 6.92 Å². The molecule has 2 atom stereocenters. The van der Waals surface area contributed by atoms with Gasteiger partial charge >= 0.3 is 11.9 Å². The van der Waals surface area contributed by atoms with Crippen molar-refractivity contribution in [2.75, 3.05) is 6.61 Å². The van der Waals surface area contributed by atoms with Crippen molar-refractivity contribution in [1.29, 1.82) is 0 Å². The monoisotopic (exact) mass is 252 g/mol. The first kappa shape index (κ1) is 15.8. The van der Waals surface area contributed by atoms with Gasteiger partial charge in [0.05, 0.1) is 5.92 Å². The zero-order chi connectivity index (χ0) is 13.6. The molecule has 0 amide bonds. The first-order valence-corrected chi connectivity index (χ1v) is 5.42. The zero-order valence-electron chi connectivity index (χ0n) is 10.5. The van der Waals surface area contributed by atoms with E-state index in [2.05, 4.69) is 4.74 Å². The topological polar surface area (TPSA) is 52.6 Å². The molecule has 0 rings (SSSR count). The van der Waals surface area contributed by atoms with Gasteiger partial charge in [-0.15, -0.1) is 0 Å². The molecule has 0 N–H and O–H groups in total. The Morgan fingerprint density at radius 3 is 2.18 bits per heavy atom. The van der Waals surface area contributed by atoms with Crippen molar-refractivity contribution in [2.24, 2.45) is 5.92 Å². The first-order chi connectivity index (χ1) is 7.67. The highest BCUT2D eigenvalue weighted by atomic mass is 19.3. The number of halogens is 2. The van der Waals surface area contributed by atoms with Crippen molar-refractivity contribution < 1.29 is 27.8 Å². The highest BCUT2D eigenvalue weighted by molar-refractivity contribution is 5.79. The quantitative estimate of drug-likeness (QED) is 0.680. The van der Waals surface area contributed by atoms with Gasteiger partial charge in [-0.2, -0.15) is 0 Å². The van der Waals surface area contributed by atoms with Gasteiger partial charge in [0.25, 0.3) is 5.92 Å². The Labute approximate surface area is 99.3 Å². The standard InChI is InChI=1S/C11H18F2O4/c1-5-7(2)9(14)17-8(3)10(15)16-6-11(4,12)13/h7-8H,5-6H2,1-4H3. The highest BCUT2D eigenvalue weighted by Crippen LogP contribution is 2.12. The average molecular weight is 252 g/mol. The fraction of sp³-hybridized carbons (Fsp3) is 0.818. The van der Waals surface area contributed by atoms with Crippen LogP contribution in [-0.4, -0.2) is 30.6 Å². The first-order valence-electron chi connectivity index (χ1n) is 5.42. The number of hydrogen-bond donors (Lipinski definition) is 0. The summed E-state index contributed by atoms with van der Waals surface area (Å²) >= 11 is 0. The predicted octanol–water partition coefficient (Wildman–Crippen LogP) is 2.16. The van der Waals surface area contributed by atoms with Gasteiger partial charge in [-0.1, -0.05) is 13.8 Å². The fourth-order valence-corrected chi connectivity index (χ4v) is 0.820. The molecule has 0 radical (unpaired) electrons. The fourth-order valence-electron chi connectivity index (χ4n) is 0.820. The van der Waals surface area contributed by atoms with Crippen LogP contribution in [0.25, 0.3) is 0 Å². The van der Waals surface area contributed by atoms with Crippen molar-refractivity contribution >= 4 is 11.9 Å². The molecule has 0 aliphatic rings. The van der Waals surface area contributed by atoms with Crippen LogP contribution in [-0.2, 0) is 19.1 Å². The van der Waals surface area contributed by atoms with Crippen LogP contribution >= 0.6 is 0 Å². The molecule has 0 saturated heterocycles. The lowest BCUT2D eigenvalue weighted by Gasteiger charge is -2.16. The molecule has 6 heteroatoms. The van der Waals surface area contributed by atoms with Gasteiger partial charge in [-0.25, -0.2) is 13.6 Å². The molecule has 0 aliphatic carbocycles. The lowest BCUT2D eigenvalue weighted by atomic mass is 10.1. The van der Waals surface area contributed by atoms with Gasteiger partial charge in [-0.05, 0) is 13.3 Å². The van der Waals surface area contributed by atoms with Crippen molar-refractivity contribution in [3.8, 4) is 0 Å². The molecule has 100 valence electrons. The van der Waals surface area contributed by atoms with Gasteiger partial charge in [0.2, 0.25) is 0 Å². The maximum atomic E-state index is 12.4. The van der Waals surface area contributed by atoms with Crippen LogP contribution in [0.15, 0.2) is 0 Å². The summed E-state index contributed by atoms with van der Waals surface area (Å²) in [5.74, 6) is -4.93. The van der Waals surface area contributed by atoms with Crippen LogP contribution in [0.2, 0.25) is 0 Å². The highest BCUT2D eigenvalue weighted by Gasteiger charge is 2.27. The Morgan fingerprint density at radius 2 is 1.76 bits per heavy atom. The van der Waals surface area contributed by atoms with Gasteiger partial charge < -0.3 is 9.47 Å². The summed E-state index contributed by atoms with van der Waals surface area (Å²) in [5, 5.41) is 0. The van der Waals surface area contributed by atoms with E-state index in [-0.39, 0.29) is 5.92 Å². The van der Waals surface area contributed by atoms with E-state index >= 15 is 0 Å². The van der Waals surface area contributed by atoms with E-state index in [0.717, 1.165) is 0 Å². The van der Waals surface area contributed by atoms with Crippen LogP contribution in [0, 0.1) is 5.92 Å². The van der Waals surface area contributed by atoms with Crippen molar-refractivity contribution in [2.45, 2.75) is 46.1 Å². The van der Waals surface area contributed by atoms with E-state index in [0.29, 0.717) is 13.3 Å². The number of carbonyl (C=O) groups is 2. The van der Waals surface area contributed by atoms with E-state index in [4.69, 9.17) is 4.74 Å². The third-order valence-electron chi connectivity index (χ3n) is 2.11. The second-order valence-corrected chi connectivity index (χ2v) is 4.07. The number of alkyl halides is 2. The molecule has 0 bridgehead atoms. The van der Waals surface area contributed by atoms with E-state index in [1.165, 1.54) is 6.92 Å². The molecule has 0 heterocycles. The molecular weight excluding hydrogens is 234 g/mol. The van der Waals surface area contributed by atoms with E-state index in [9.17, 15) is 18.4 Å². The van der Waals surface area contributed by atoms with Gasteiger partial charge in [0.15, 0.2) is 12.7 Å². The minimum Gasteiger partial charge on any atom is -0.457 e. The Bertz CT molecular complexity index is 273. The van der Waals surface area contributed by atoms with E-state index < -0.39 is 30.6 Å². The summed E-state index contributed by atoms with van der Waals surface area (Å²) in [4.78, 5) is 22.5. The molecular formula is C11H18F2O4. The van der Waals surface area contributed by atoms with Gasteiger partial charge in [0.1, 0.15) is 0 Å². The molecule has 0 fully saturated rings. The Morgan fingerprint density at radius 1 is 1.24 bits per heavy atom. The van der Waals surface area contributed by atoms with Crippen LogP contribution in [0.5, 0.6) is 0 Å². The third kappa shape index (κ3) is 6.86. The molecule has 0 aromatic carbocycles. The third-order valence-corrected chi connectivity index (χ3v) is 2.11. The molecule has 0 aliphatic heterocycles. The smallest absolute Gasteiger partial charge is 0.347 e. The molecule has 4 nitrogen and oxygen atoms in total. The minimum atomic E-state index is -3.09. The van der Waals surface area contributed by atoms with Crippen molar-refractivity contribution in [3.63, 3.8) is 0 Å². The van der Waals surface area contributed by atoms with Crippen LogP contribution in [0.3, 0.4) is 0 Å². The predicted molar refractivity (Wildman–Crippen MR) is 56.6 cm³/mol. The van der Waals surface area contributed by atoms with Crippen LogP contribution < -0.4 is 0 Å². The molecule has 17 heavy (non-hydrogen) atoms. The summed E-state index contributed by atoms with van der Waals surface area (Å²) in [7, 11) is 0. The molecule has 0 aromatic rings. The maximum absolute atomic E-state index is 12.4. The molecule has 2 unspecified atom stereocenters. The van der Waals surface area contributed by atoms with Gasteiger partial charge in [-0.3, -0.25) is 4.79 Å². The van der Waals surface area contributed by atoms with Crippen molar-refractivity contribution in [3.05, 3.63) is 0 Å². The van der Waals surface area contributed by atoms with E-state index in [1.54, 1.807) is 13.8 Å². The normalized spacial score (nSPS) is 14.9. The summed E-state index contributed by atoms with van der Waals surface area (Å²) in [5.41, 5.74) is 0. The second kappa shape index (κ2) is 6.51. The molecule has 0 saturated carbocycles. The zero-order valence-corrected chi connectivity index (χ0v) is 10.5.